The first-order chi connectivity index (χ1) is 9.69. The first-order valence-electron chi connectivity index (χ1n) is 7.06. The van der Waals surface area contributed by atoms with Crippen LogP contribution in [0.4, 0.5) is 0 Å². The third kappa shape index (κ3) is 4.32. The maximum atomic E-state index is 5.82. The van der Waals surface area contributed by atoms with Crippen LogP contribution in [0.5, 0.6) is 5.75 Å². The summed E-state index contributed by atoms with van der Waals surface area (Å²) in [4.78, 5) is 4.40. The van der Waals surface area contributed by atoms with Crippen molar-refractivity contribution in [2.24, 2.45) is 0 Å². The minimum Gasteiger partial charge on any atom is -0.486 e. The molecular formula is C16H22N2OS. The predicted octanol–water partition coefficient (Wildman–Crippen LogP) is 4.09. The minimum absolute atomic E-state index is 0.348. The molecule has 0 spiro atoms. The first-order valence-corrected chi connectivity index (χ1v) is 7.94. The summed E-state index contributed by atoms with van der Waals surface area (Å²) < 4.78 is 5.82. The maximum Gasteiger partial charge on any atom is 0.140 e. The molecule has 0 fully saturated rings. The van der Waals surface area contributed by atoms with E-state index in [1.54, 1.807) is 11.3 Å². The summed E-state index contributed by atoms with van der Waals surface area (Å²) in [6.07, 6.45) is 1.14. The van der Waals surface area contributed by atoms with Gasteiger partial charge in [-0.05, 0) is 44.5 Å². The molecule has 20 heavy (non-hydrogen) atoms. The van der Waals surface area contributed by atoms with Gasteiger partial charge < -0.3 is 10.1 Å². The number of benzene rings is 1. The lowest BCUT2D eigenvalue weighted by Gasteiger charge is -2.14. The summed E-state index contributed by atoms with van der Waals surface area (Å²) in [6, 6.07) is 8.63. The van der Waals surface area contributed by atoms with Crippen LogP contribution in [0.25, 0.3) is 0 Å². The van der Waals surface area contributed by atoms with Crippen LogP contribution in [-0.4, -0.2) is 11.5 Å². The summed E-state index contributed by atoms with van der Waals surface area (Å²) >= 11 is 1.64. The van der Waals surface area contributed by atoms with Crippen molar-refractivity contribution in [2.75, 3.05) is 6.54 Å². The molecule has 0 saturated carbocycles. The average molecular weight is 290 g/mol. The molecule has 108 valence electrons. The van der Waals surface area contributed by atoms with Crippen LogP contribution >= 0.6 is 11.3 Å². The van der Waals surface area contributed by atoms with Gasteiger partial charge in [0.1, 0.15) is 17.4 Å². The van der Waals surface area contributed by atoms with Gasteiger partial charge in [-0.2, -0.15) is 0 Å². The quantitative estimate of drug-likeness (QED) is 0.834. The molecule has 0 saturated heterocycles. The van der Waals surface area contributed by atoms with E-state index < -0.39 is 0 Å². The maximum absolute atomic E-state index is 5.82. The number of rotatable bonds is 7. The summed E-state index contributed by atoms with van der Waals surface area (Å²) in [6.45, 7) is 7.93. The fraction of sp³-hybridized carbons (Fsp3) is 0.438. The van der Waals surface area contributed by atoms with Gasteiger partial charge in [-0.15, -0.1) is 11.3 Å². The molecule has 4 heteroatoms. The van der Waals surface area contributed by atoms with Crippen molar-refractivity contribution in [3.63, 3.8) is 0 Å². The molecule has 0 bridgehead atoms. The smallest absolute Gasteiger partial charge is 0.140 e. The van der Waals surface area contributed by atoms with Gasteiger partial charge in [0, 0.05) is 17.1 Å². The molecule has 1 heterocycles. The highest BCUT2D eigenvalue weighted by Gasteiger charge is 2.06. The number of nitrogens with one attached hydrogen (secondary N) is 1. The van der Waals surface area contributed by atoms with Crippen molar-refractivity contribution in [1.29, 1.82) is 0 Å². The minimum atomic E-state index is 0.348. The highest BCUT2D eigenvalue weighted by molar-refractivity contribution is 7.09. The fourth-order valence-corrected chi connectivity index (χ4v) is 2.65. The SMILES string of the molecule is CCCNC(C)c1cccc(OCc2nc(C)cs2)c1. The van der Waals surface area contributed by atoms with E-state index in [0.29, 0.717) is 12.6 Å². The van der Waals surface area contributed by atoms with Crippen LogP contribution in [0.1, 0.15) is 42.6 Å². The van der Waals surface area contributed by atoms with E-state index in [0.717, 1.165) is 29.4 Å². The Morgan fingerprint density at radius 3 is 2.95 bits per heavy atom. The van der Waals surface area contributed by atoms with E-state index >= 15 is 0 Å². The molecule has 2 aromatic rings. The Morgan fingerprint density at radius 2 is 2.25 bits per heavy atom. The van der Waals surface area contributed by atoms with Gasteiger partial charge in [0.05, 0.1) is 0 Å². The van der Waals surface area contributed by atoms with E-state index in [1.165, 1.54) is 5.56 Å². The van der Waals surface area contributed by atoms with Crippen LogP contribution in [0.2, 0.25) is 0 Å². The topological polar surface area (TPSA) is 34.1 Å². The summed E-state index contributed by atoms with van der Waals surface area (Å²) in [5.74, 6) is 0.903. The Hall–Kier alpha value is -1.39. The van der Waals surface area contributed by atoms with Gasteiger partial charge in [0.2, 0.25) is 0 Å². The second kappa shape index (κ2) is 7.41. The lowest BCUT2D eigenvalue weighted by molar-refractivity contribution is 0.305. The van der Waals surface area contributed by atoms with Crippen molar-refractivity contribution >= 4 is 11.3 Å². The Kier molecular flexibility index (Phi) is 5.56. The second-order valence-corrected chi connectivity index (χ2v) is 5.86. The molecule has 0 amide bonds. The van der Waals surface area contributed by atoms with E-state index in [-0.39, 0.29) is 0 Å². The number of thiazole rings is 1. The second-order valence-electron chi connectivity index (χ2n) is 4.92. The van der Waals surface area contributed by atoms with Crippen LogP contribution in [0.3, 0.4) is 0 Å². The molecule has 1 atom stereocenters. The summed E-state index contributed by atoms with van der Waals surface area (Å²) in [5.41, 5.74) is 2.31. The molecule has 0 aliphatic rings. The van der Waals surface area contributed by atoms with Crippen molar-refractivity contribution in [3.8, 4) is 5.75 Å². The van der Waals surface area contributed by atoms with Crippen LogP contribution in [-0.2, 0) is 6.61 Å². The Bertz CT molecular complexity index is 539. The van der Waals surface area contributed by atoms with Gasteiger partial charge in [-0.1, -0.05) is 19.1 Å². The zero-order valence-electron chi connectivity index (χ0n) is 12.3. The molecule has 2 rings (SSSR count). The lowest BCUT2D eigenvalue weighted by Crippen LogP contribution is -2.19. The lowest BCUT2D eigenvalue weighted by atomic mass is 10.1. The largest absolute Gasteiger partial charge is 0.486 e. The molecule has 1 aromatic carbocycles. The molecular weight excluding hydrogens is 268 g/mol. The number of aryl methyl sites for hydroxylation is 1. The van der Waals surface area contributed by atoms with Crippen LogP contribution < -0.4 is 10.1 Å². The van der Waals surface area contributed by atoms with Crippen LogP contribution in [0, 0.1) is 6.92 Å². The molecule has 1 unspecified atom stereocenters. The zero-order chi connectivity index (χ0) is 14.4. The molecule has 0 aliphatic carbocycles. The molecule has 3 nitrogen and oxygen atoms in total. The fourth-order valence-electron chi connectivity index (χ4n) is 1.97. The zero-order valence-corrected chi connectivity index (χ0v) is 13.2. The third-order valence-corrected chi connectivity index (χ3v) is 4.03. The highest BCUT2D eigenvalue weighted by Crippen LogP contribution is 2.20. The van der Waals surface area contributed by atoms with Gasteiger partial charge >= 0.3 is 0 Å². The highest BCUT2D eigenvalue weighted by atomic mass is 32.1. The Morgan fingerprint density at radius 1 is 1.40 bits per heavy atom. The number of aromatic nitrogens is 1. The third-order valence-electron chi connectivity index (χ3n) is 3.09. The predicted molar refractivity (Wildman–Crippen MR) is 84.3 cm³/mol. The van der Waals surface area contributed by atoms with Crippen molar-refractivity contribution in [2.45, 2.75) is 39.8 Å². The number of nitrogens with zero attached hydrogens (tertiary/aromatic N) is 1. The normalized spacial score (nSPS) is 12.3. The van der Waals surface area contributed by atoms with Gasteiger partial charge in [-0.3, -0.25) is 0 Å². The van der Waals surface area contributed by atoms with Gasteiger partial charge in [0.15, 0.2) is 0 Å². The number of hydrogen-bond donors (Lipinski definition) is 1. The van der Waals surface area contributed by atoms with E-state index in [1.807, 2.05) is 24.4 Å². The van der Waals surface area contributed by atoms with Crippen molar-refractivity contribution in [3.05, 3.63) is 45.9 Å². The summed E-state index contributed by atoms with van der Waals surface area (Å²) in [7, 11) is 0. The molecule has 1 N–H and O–H groups in total. The van der Waals surface area contributed by atoms with E-state index in [9.17, 15) is 0 Å². The first kappa shape index (κ1) is 15.0. The number of hydrogen-bond acceptors (Lipinski definition) is 4. The van der Waals surface area contributed by atoms with Crippen molar-refractivity contribution in [1.82, 2.24) is 10.3 Å². The average Bonchev–Trinajstić information content (AvgIpc) is 2.88. The summed E-state index contributed by atoms with van der Waals surface area (Å²) in [5, 5.41) is 6.55. The Labute approximate surface area is 125 Å². The van der Waals surface area contributed by atoms with Crippen molar-refractivity contribution < 1.29 is 4.74 Å². The van der Waals surface area contributed by atoms with Crippen LogP contribution in [0.15, 0.2) is 29.6 Å². The van der Waals surface area contributed by atoms with Gasteiger partial charge in [0.25, 0.3) is 0 Å². The number of ether oxygens (including phenoxy) is 1. The van der Waals surface area contributed by atoms with E-state index in [4.69, 9.17) is 4.74 Å². The van der Waals surface area contributed by atoms with E-state index in [2.05, 4.69) is 36.3 Å². The standard InChI is InChI=1S/C16H22N2OS/c1-4-8-17-13(3)14-6-5-7-15(9-14)19-10-16-18-12(2)11-20-16/h5-7,9,11,13,17H,4,8,10H2,1-3H3. The Balaban J connectivity index is 1.95. The molecule has 0 aliphatic heterocycles. The van der Waals surface area contributed by atoms with Gasteiger partial charge in [-0.25, -0.2) is 4.98 Å². The molecule has 0 radical (unpaired) electrons. The molecule has 1 aromatic heterocycles. The monoisotopic (exact) mass is 290 g/mol.